The summed E-state index contributed by atoms with van der Waals surface area (Å²) in [5.41, 5.74) is 0.850. The van der Waals surface area contributed by atoms with Crippen LogP contribution in [-0.4, -0.2) is 123 Å². The highest BCUT2D eigenvalue weighted by atomic mass is 32.2. The van der Waals surface area contributed by atoms with E-state index >= 15 is 0 Å². The van der Waals surface area contributed by atoms with E-state index in [0.29, 0.717) is 74.3 Å². The zero-order valence-corrected chi connectivity index (χ0v) is 42.3. The van der Waals surface area contributed by atoms with E-state index in [0.717, 1.165) is 5.56 Å². The Morgan fingerprint density at radius 2 is 1.64 bits per heavy atom. The van der Waals surface area contributed by atoms with Crippen molar-refractivity contribution in [2.24, 2.45) is 5.41 Å². The minimum Gasteiger partial charge on any atom is -0.493 e. The van der Waals surface area contributed by atoms with Crippen molar-refractivity contribution in [3.05, 3.63) is 83.4 Å². The summed E-state index contributed by atoms with van der Waals surface area (Å²) >= 11 is 4.40. The van der Waals surface area contributed by atoms with Crippen LogP contribution in [0.2, 0.25) is 0 Å². The van der Waals surface area contributed by atoms with Crippen LogP contribution in [0, 0.1) is 5.41 Å². The van der Waals surface area contributed by atoms with Crippen molar-refractivity contribution in [2.45, 2.75) is 109 Å². The molecule has 2 heterocycles. The predicted octanol–water partition coefficient (Wildman–Crippen LogP) is 5.20. The molecular weight excluding hydrogens is 943 g/mol. The molecular formula is C50H65N5O13S2. The fraction of sp³-hybridized carbons (Fsp3) is 0.500. The average Bonchev–Trinajstić information content (AvgIpc) is 3.75. The molecule has 0 spiro atoms. The monoisotopic (exact) mass is 1010 g/mol. The Hall–Kier alpha value is -6.15. The van der Waals surface area contributed by atoms with Crippen LogP contribution < -0.4 is 29.6 Å². The number of piperidine rings is 1. The Morgan fingerprint density at radius 3 is 2.36 bits per heavy atom. The number of rotatable bonds is 23. The van der Waals surface area contributed by atoms with Gasteiger partial charge >= 0.3 is 5.97 Å². The summed E-state index contributed by atoms with van der Waals surface area (Å²) < 4.78 is 50.7. The number of ether oxygens (including phenoxy) is 4. The first kappa shape index (κ1) is 54.8. The third-order valence-corrected chi connectivity index (χ3v) is 14.2. The summed E-state index contributed by atoms with van der Waals surface area (Å²) in [4.78, 5) is 94.1. The number of nitrogens with one attached hydrogen (secondary N) is 3. The fourth-order valence-electron chi connectivity index (χ4n) is 8.15. The van der Waals surface area contributed by atoms with Gasteiger partial charge in [0, 0.05) is 48.3 Å². The first-order valence-electron chi connectivity index (χ1n) is 23.4. The van der Waals surface area contributed by atoms with Crippen LogP contribution in [-0.2, 0) is 49.9 Å². The number of hydrogen-bond acceptors (Lipinski definition) is 14. The number of carbonyl (C=O) groups excluding carboxylic acids is 7. The highest BCUT2D eigenvalue weighted by Gasteiger charge is 2.41. The Balaban J connectivity index is 1.14. The number of ketones is 1. The Morgan fingerprint density at radius 1 is 0.900 bits per heavy atom. The molecule has 2 fully saturated rings. The maximum absolute atomic E-state index is 14.0. The number of hydrogen-bond donors (Lipinski definition) is 4. The predicted molar refractivity (Wildman–Crippen MR) is 264 cm³/mol. The Labute approximate surface area is 415 Å². The Bertz CT molecular complexity index is 2500. The molecule has 3 aromatic rings. The van der Waals surface area contributed by atoms with Gasteiger partial charge in [0.1, 0.15) is 30.5 Å². The zero-order chi connectivity index (χ0) is 51.2. The van der Waals surface area contributed by atoms with Gasteiger partial charge in [-0.1, -0.05) is 45.0 Å². The normalized spacial score (nSPS) is 17.4. The molecule has 0 saturated carbocycles. The number of methoxy groups -OCH3 is 2. The van der Waals surface area contributed by atoms with E-state index in [-0.39, 0.29) is 54.9 Å². The van der Waals surface area contributed by atoms with Gasteiger partial charge in [-0.25, -0.2) is 17.9 Å². The van der Waals surface area contributed by atoms with Crippen LogP contribution in [0.15, 0.2) is 66.7 Å². The zero-order valence-electron chi connectivity index (χ0n) is 40.6. The molecule has 2 aliphatic heterocycles. The molecule has 0 aliphatic carbocycles. The lowest BCUT2D eigenvalue weighted by molar-refractivity contribution is -0.164. The number of sulfonamides is 1. The average molecular weight is 1010 g/mol. The van der Waals surface area contributed by atoms with Gasteiger partial charge in [-0.3, -0.25) is 28.8 Å². The van der Waals surface area contributed by atoms with Gasteiger partial charge in [-0.2, -0.15) is 12.6 Å². The van der Waals surface area contributed by atoms with Crippen molar-refractivity contribution < 1.29 is 60.9 Å². The van der Waals surface area contributed by atoms with Crippen LogP contribution in [0.1, 0.15) is 107 Å². The van der Waals surface area contributed by atoms with Gasteiger partial charge in [0.15, 0.2) is 11.5 Å². The van der Waals surface area contributed by atoms with Crippen LogP contribution in [0.3, 0.4) is 0 Å². The summed E-state index contributed by atoms with van der Waals surface area (Å²) in [5.74, 6) is -2.89. The second kappa shape index (κ2) is 25.1. The van der Waals surface area contributed by atoms with Gasteiger partial charge in [-0.05, 0) is 105 Å². The van der Waals surface area contributed by atoms with E-state index in [2.05, 4.69) is 23.3 Å². The highest BCUT2D eigenvalue weighted by Crippen LogP contribution is 2.33. The number of nitrogens with zero attached hydrogens (tertiary/aromatic N) is 2. The standard InChI is InChI=1S/C50H65N5O13S2/c1-7-50(3,4)45(58)48(61)54-24-9-8-17-39(54)49(62)68-41(21-19-33-20-22-42(65-5)43(27-33)66-6)34-13-11-16-37(29-34)67-25-23-51-44(57)18-12-26-70(63,64)53-46(59)35-14-10-15-36(28-35)52-47(60)40-30-38(69)31-55(40)32(2)56/h10-11,13-16,20,22,27-29,38-41,69H,7-9,12,17-19,21,23-26,30-31H2,1-6H3,(H,51,57)(H,52,60)(H,53,59)/t38-,39-,40-,41+/m0/s1. The molecule has 0 radical (unpaired) electrons. The molecule has 2 aliphatic rings. The van der Waals surface area contributed by atoms with E-state index in [1.54, 1.807) is 58.4 Å². The van der Waals surface area contributed by atoms with Crippen LogP contribution >= 0.6 is 12.6 Å². The van der Waals surface area contributed by atoms with Gasteiger partial charge in [0.25, 0.3) is 11.8 Å². The largest absolute Gasteiger partial charge is 0.493 e. The van der Waals surface area contributed by atoms with E-state index < -0.39 is 74.8 Å². The molecule has 0 unspecified atom stereocenters. The minimum absolute atomic E-state index is 0.0256. The SMILES string of the molecule is CCC(C)(C)C(=O)C(=O)N1CCCC[C@H]1C(=O)O[C@H](CCc1ccc(OC)c(OC)c1)c1cccc(OCCNC(=O)CCCS(=O)(=O)NC(=O)c2cccc(NC(=O)[C@@H]3C[C@H](S)CN3C(C)=O)c2)c1. The number of esters is 1. The van der Waals surface area contributed by atoms with E-state index in [4.69, 9.17) is 18.9 Å². The van der Waals surface area contributed by atoms with Crippen molar-refractivity contribution in [2.75, 3.05) is 51.5 Å². The van der Waals surface area contributed by atoms with Crippen molar-refractivity contribution in [3.8, 4) is 17.2 Å². The fourth-order valence-corrected chi connectivity index (χ4v) is 9.55. The molecule has 0 bridgehead atoms. The lowest BCUT2D eigenvalue weighted by Gasteiger charge is -2.36. The first-order valence-corrected chi connectivity index (χ1v) is 25.6. The lowest BCUT2D eigenvalue weighted by Crippen LogP contribution is -2.53. The van der Waals surface area contributed by atoms with Crippen molar-refractivity contribution >= 4 is 69.6 Å². The molecule has 4 atom stereocenters. The second-order valence-corrected chi connectivity index (χ2v) is 20.6. The third kappa shape index (κ3) is 15.2. The molecule has 3 aromatic carbocycles. The van der Waals surface area contributed by atoms with Crippen molar-refractivity contribution in [1.29, 1.82) is 0 Å². The molecule has 3 N–H and O–H groups in total. The highest BCUT2D eigenvalue weighted by molar-refractivity contribution is 7.90. The number of carbonyl (C=O) groups is 7. The maximum atomic E-state index is 14.0. The number of thiol groups is 1. The van der Waals surface area contributed by atoms with E-state index in [9.17, 15) is 42.0 Å². The number of amides is 5. The molecule has 5 rings (SSSR count). The van der Waals surface area contributed by atoms with E-state index in [1.807, 2.05) is 23.8 Å². The number of likely N-dealkylation sites (tertiary alicyclic amines) is 2. The number of anilines is 1. The quantitative estimate of drug-likeness (QED) is 0.0415. The van der Waals surface area contributed by atoms with Crippen molar-refractivity contribution in [1.82, 2.24) is 19.8 Å². The molecule has 18 nitrogen and oxygen atoms in total. The Kier molecular flexibility index (Phi) is 19.7. The number of aryl methyl sites for hydroxylation is 1. The second-order valence-electron chi connectivity index (χ2n) is 18.0. The summed E-state index contributed by atoms with van der Waals surface area (Å²) in [6.07, 6.45) is 2.31. The molecule has 20 heteroatoms. The first-order chi connectivity index (χ1) is 33.2. The topological polar surface area (TPSA) is 233 Å². The van der Waals surface area contributed by atoms with Crippen LogP contribution in [0.4, 0.5) is 5.69 Å². The molecule has 70 heavy (non-hydrogen) atoms. The smallest absolute Gasteiger partial charge is 0.329 e. The summed E-state index contributed by atoms with van der Waals surface area (Å²) in [6, 6.07) is 16.6. The summed E-state index contributed by atoms with van der Waals surface area (Å²) in [5, 5.41) is 5.22. The maximum Gasteiger partial charge on any atom is 0.329 e. The van der Waals surface area contributed by atoms with E-state index in [1.165, 1.54) is 41.0 Å². The lowest BCUT2D eigenvalue weighted by atomic mass is 9.84. The summed E-state index contributed by atoms with van der Waals surface area (Å²) in [7, 11) is -1.05. The minimum atomic E-state index is -4.14. The summed E-state index contributed by atoms with van der Waals surface area (Å²) in [6.45, 7) is 7.37. The van der Waals surface area contributed by atoms with Gasteiger partial charge in [0.05, 0.1) is 26.5 Å². The third-order valence-electron chi connectivity index (χ3n) is 12.5. The van der Waals surface area contributed by atoms with Gasteiger partial charge in [0.2, 0.25) is 33.5 Å². The molecule has 0 aromatic heterocycles. The van der Waals surface area contributed by atoms with Gasteiger partial charge in [-0.15, -0.1) is 0 Å². The number of Topliss-reactive ketones (excluding diaryl/α,β-unsaturated/α-hetero) is 1. The molecule has 2 saturated heterocycles. The van der Waals surface area contributed by atoms with Crippen LogP contribution in [0.25, 0.3) is 0 Å². The molecule has 380 valence electrons. The molecule has 5 amide bonds. The van der Waals surface area contributed by atoms with Crippen LogP contribution in [0.5, 0.6) is 17.2 Å². The van der Waals surface area contributed by atoms with Gasteiger partial charge < -0.3 is 39.4 Å². The number of benzene rings is 3. The van der Waals surface area contributed by atoms with Crippen molar-refractivity contribution in [3.63, 3.8) is 0 Å².